The van der Waals surface area contributed by atoms with Crippen molar-refractivity contribution in [2.75, 3.05) is 31.1 Å². The fourth-order valence-corrected chi connectivity index (χ4v) is 3.54. The van der Waals surface area contributed by atoms with E-state index >= 15 is 0 Å². The predicted octanol–water partition coefficient (Wildman–Crippen LogP) is 2.52. The van der Waals surface area contributed by atoms with Gasteiger partial charge in [0.1, 0.15) is 17.3 Å². The van der Waals surface area contributed by atoms with Gasteiger partial charge in [-0.3, -0.25) is 4.90 Å². The van der Waals surface area contributed by atoms with Gasteiger partial charge < -0.3 is 10.0 Å². The first kappa shape index (κ1) is 14.7. The number of rotatable bonds is 3. The summed E-state index contributed by atoms with van der Waals surface area (Å²) in [6.07, 6.45) is 4.70. The van der Waals surface area contributed by atoms with Crippen LogP contribution < -0.4 is 4.90 Å². The minimum absolute atomic E-state index is 0.0618. The fraction of sp³-hybridized carbons (Fsp3) is 0.625. The molecular weight excluding hydrogens is 274 g/mol. The van der Waals surface area contributed by atoms with Crippen molar-refractivity contribution in [2.45, 2.75) is 38.3 Å². The van der Waals surface area contributed by atoms with Gasteiger partial charge in [-0.2, -0.15) is 0 Å². The summed E-state index contributed by atoms with van der Waals surface area (Å²) in [5.41, 5.74) is 0.340. The van der Waals surface area contributed by atoms with Gasteiger partial charge in [0, 0.05) is 19.1 Å². The van der Waals surface area contributed by atoms with Gasteiger partial charge in [0.2, 0.25) is 0 Å². The minimum Gasteiger partial charge on any atom is -0.392 e. The summed E-state index contributed by atoms with van der Waals surface area (Å²) >= 11 is 0. The van der Waals surface area contributed by atoms with Crippen LogP contribution in [0.1, 0.15) is 31.2 Å². The SMILES string of the molecule is OCc1cc(F)c(N2CCC(N3CCCCC3)C2)c(F)c1. The van der Waals surface area contributed by atoms with E-state index in [0.717, 1.165) is 19.5 Å². The topological polar surface area (TPSA) is 26.7 Å². The highest BCUT2D eigenvalue weighted by Gasteiger charge is 2.31. The van der Waals surface area contributed by atoms with Crippen LogP contribution in [-0.4, -0.2) is 42.2 Å². The number of aliphatic hydroxyl groups is 1. The van der Waals surface area contributed by atoms with E-state index in [1.54, 1.807) is 0 Å². The van der Waals surface area contributed by atoms with Gasteiger partial charge in [0.05, 0.1) is 6.61 Å². The lowest BCUT2D eigenvalue weighted by Gasteiger charge is -2.32. The highest BCUT2D eigenvalue weighted by molar-refractivity contribution is 5.51. The van der Waals surface area contributed by atoms with Crippen LogP contribution in [-0.2, 0) is 6.61 Å². The molecule has 2 saturated heterocycles. The van der Waals surface area contributed by atoms with Crippen LogP contribution in [0.2, 0.25) is 0 Å². The first-order valence-corrected chi connectivity index (χ1v) is 7.77. The number of aliphatic hydroxyl groups excluding tert-OH is 1. The van der Waals surface area contributed by atoms with Crippen LogP contribution >= 0.6 is 0 Å². The Morgan fingerprint density at radius 2 is 1.71 bits per heavy atom. The smallest absolute Gasteiger partial charge is 0.149 e. The second kappa shape index (κ2) is 6.28. The van der Waals surface area contributed by atoms with Crippen molar-refractivity contribution in [1.29, 1.82) is 0 Å². The van der Waals surface area contributed by atoms with Gasteiger partial charge in [-0.1, -0.05) is 6.42 Å². The maximum absolute atomic E-state index is 14.1. The Hall–Kier alpha value is -1.20. The summed E-state index contributed by atoms with van der Waals surface area (Å²) in [7, 11) is 0. The highest BCUT2D eigenvalue weighted by atomic mass is 19.1. The standard InChI is InChI=1S/C16H22F2N2O/c17-14-8-12(11-21)9-15(18)16(14)20-7-4-13(10-20)19-5-2-1-3-6-19/h8-9,13,21H,1-7,10-11H2. The predicted molar refractivity (Wildman–Crippen MR) is 78.3 cm³/mol. The van der Waals surface area contributed by atoms with Crippen LogP contribution in [0, 0.1) is 11.6 Å². The van der Waals surface area contributed by atoms with Crippen LogP contribution in [0.4, 0.5) is 14.5 Å². The molecule has 0 radical (unpaired) electrons. The highest BCUT2D eigenvalue weighted by Crippen LogP contribution is 2.30. The third kappa shape index (κ3) is 3.04. The molecule has 1 aromatic carbocycles. The summed E-state index contributed by atoms with van der Waals surface area (Å²) in [5, 5.41) is 9.00. The Morgan fingerprint density at radius 1 is 1.05 bits per heavy atom. The Kier molecular flexibility index (Phi) is 4.40. The molecule has 0 amide bonds. The zero-order valence-corrected chi connectivity index (χ0v) is 12.2. The van der Waals surface area contributed by atoms with Crippen LogP contribution in [0.25, 0.3) is 0 Å². The first-order chi connectivity index (χ1) is 10.2. The normalized spacial score (nSPS) is 23.8. The van der Waals surface area contributed by atoms with E-state index in [0.29, 0.717) is 19.1 Å². The average Bonchev–Trinajstić information content (AvgIpc) is 2.97. The number of hydrogen-bond donors (Lipinski definition) is 1. The molecule has 5 heteroatoms. The number of benzene rings is 1. The van der Waals surface area contributed by atoms with Crippen molar-refractivity contribution in [3.63, 3.8) is 0 Å². The molecule has 3 nitrogen and oxygen atoms in total. The van der Waals surface area contributed by atoms with Gasteiger partial charge in [-0.05, 0) is 50.0 Å². The number of likely N-dealkylation sites (tertiary alicyclic amines) is 1. The Morgan fingerprint density at radius 3 is 2.33 bits per heavy atom. The van der Waals surface area contributed by atoms with E-state index in [9.17, 15) is 8.78 Å². The summed E-state index contributed by atoms with van der Waals surface area (Å²) in [4.78, 5) is 4.27. The third-order valence-corrected chi connectivity index (χ3v) is 4.65. The molecular formula is C16H22F2N2O. The van der Waals surface area contributed by atoms with E-state index in [4.69, 9.17) is 5.11 Å². The molecule has 0 saturated carbocycles. The molecule has 1 N–H and O–H groups in total. The molecule has 2 aliphatic rings. The van der Waals surface area contributed by atoms with Crippen molar-refractivity contribution in [3.05, 3.63) is 29.3 Å². The number of anilines is 1. The number of piperidine rings is 1. The van der Waals surface area contributed by atoms with Gasteiger partial charge in [-0.15, -0.1) is 0 Å². The van der Waals surface area contributed by atoms with Gasteiger partial charge in [0.25, 0.3) is 0 Å². The molecule has 0 spiro atoms. The summed E-state index contributed by atoms with van der Waals surface area (Å²) < 4.78 is 28.2. The monoisotopic (exact) mass is 296 g/mol. The summed E-state index contributed by atoms with van der Waals surface area (Å²) in [6.45, 7) is 3.24. The van der Waals surface area contributed by atoms with Gasteiger partial charge in [-0.25, -0.2) is 8.78 Å². The van der Waals surface area contributed by atoms with Crippen molar-refractivity contribution in [3.8, 4) is 0 Å². The third-order valence-electron chi connectivity index (χ3n) is 4.65. The lowest BCUT2D eigenvalue weighted by Crippen LogP contribution is -2.41. The Balaban J connectivity index is 1.74. The first-order valence-electron chi connectivity index (χ1n) is 7.77. The van der Waals surface area contributed by atoms with Crippen molar-refractivity contribution in [1.82, 2.24) is 4.90 Å². The fourth-order valence-electron chi connectivity index (χ4n) is 3.54. The van der Waals surface area contributed by atoms with Crippen LogP contribution in [0.5, 0.6) is 0 Å². The van der Waals surface area contributed by atoms with E-state index in [1.165, 1.54) is 31.4 Å². The quantitative estimate of drug-likeness (QED) is 0.928. The van der Waals surface area contributed by atoms with E-state index < -0.39 is 11.6 Å². The van der Waals surface area contributed by atoms with Crippen molar-refractivity contribution in [2.24, 2.45) is 0 Å². The Bertz CT molecular complexity index is 480. The summed E-state index contributed by atoms with van der Waals surface area (Å²) in [5.74, 6) is -1.14. The molecule has 2 fully saturated rings. The van der Waals surface area contributed by atoms with Crippen molar-refractivity contribution >= 4 is 5.69 Å². The molecule has 0 bridgehead atoms. The molecule has 116 valence electrons. The molecule has 2 heterocycles. The van der Waals surface area contributed by atoms with Gasteiger partial charge >= 0.3 is 0 Å². The lowest BCUT2D eigenvalue weighted by molar-refractivity contribution is 0.174. The zero-order valence-electron chi connectivity index (χ0n) is 12.2. The van der Waals surface area contributed by atoms with E-state index in [1.807, 2.05) is 4.90 Å². The molecule has 2 aliphatic heterocycles. The van der Waals surface area contributed by atoms with Gasteiger partial charge in [0.15, 0.2) is 0 Å². The molecule has 1 unspecified atom stereocenters. The molecule has 1 atom stereocenters. The molecule has 0 aliphatic carbocycles. The molecule has 0 aromatic heterocycles. The van der Waals surface area contributed by atoms with E-state index in [2.05, 4.69) is 4.90 Å². The maximum atomic E-state index is 14.1. The van der Waals surface area contributed by atoms with Crippen LogP contribution in [0.3, 0.4) is 0 Å². The maximum Gasteiger partial charge on any atom is 0.149 e. The second-order valence-electron chi connectivity index (χ2n) is 6.05. The Labute approximate surface area is 124 Å². The number of nitrogens with zero attached hydrogens (tertiary/aromatic N) is 2. The molecule has 3 rings (SSSR count). The summed E-state index contributed by atoms with van der Waals surface area (Å²) in [6, 6.07) is 2.86. The van der Waals surface area contributed by atoms with E-state index in [-0.39, 0.29) is 17.9 Å². The average molecular weight is 296 g/mol. The number of halogens is 2. The van der Waals surface area contributed by atoms with Crippen LogP contribution in [0.15, 0.2) is 12.1 Å². The largest absolute Gasteiger partial charge is 0.392 e. The lowest BCUT2D eigenvalue weighted by atomic mass is 10.1. The number of hydrogen-bond acceptors (Lipinski definition) is 3. The van der Waals surface area contributed by atoms with Crippen molar-refractivity contribution < 1.29 is 13.9 Å². The minimum atomic E-state index is -0.571. The molecule has 1 aromatic rings. The second-order valence-corrected chi connectivity index (χ2v) is 6.05. The zero-order chi connectivity index (χ0) is 14.8. The molecule has 21 heavy (non-hydrogen) atoms.